The zero-order valence-corrected chi connectivity index (χ0v) is 12.3. The number of hydrogen-bond acceptors (Lipinski definition) is 5. The van der Waals surface area contributed by atoms with Gasteiger partial charge in [-0.3, -0.25) is 0 Å². The average Bonchev–Trinajstić information content (AvgIpc) is 2.47. The SMILES string of the molecule is C=C(C)C(O)C(OC)c1c(OC)ccc2ccc(=O)oc12. The summed E-state index contributed by atoms with van der Waals surface area (Å²) in [6.07, 6.45) is -1.69. The lowest BCUT2D eigenvalue weighted by atomic mass is 9.97. The molecule has 1 heterocycles. The van der Waals surface area contributed by atoms with E-state index < -0.39 is 17.8 Å². The maximum atomic E-state index is 11.5. The van der Waals surface area contributed by atoms with E-state index in [0.29, 0.717) is 22.5 Å². The summed E-state index contributed by atoms with van der Waals surface area (Å²) in [6.45, 7) is 5.44. The second kappa shape index (κ2) is 6.11. The molecule has 5 nitrogen and oxygen atoms in total. The highest BCUT2D eigenvalue weighted by atomic mass is 16.5. The summed E-state index contributed by atoms with van der Waals surface area (Å²) >= 11 is 0. The van der Waals surface area contributed by atoms with Crippen LogP contribution in [0.15, 0.2) is 45.6 Å². The Morgan fingerprint density at radius 2 is 1.95 bits per heavy atom. The van der Waals surface area contributed by atoms with Gasteiger partial charge in [-0.05, 0) is 30.7 Å². The number of hydrogen-bond donors (Lipinski definition) is 1. The minimum atomic E-state index is -0.944. The van der Waals surface area contributed by atoms with E-state index in [9.17, 15) is 9.90 Å². The van der Waals surface area contributed by atoms with Crippen molar-refractivity contribution in [3.8, 4) is 5.75 Å². The molecule has 0 amide bonds. The molecule has 0 bridgehead atoms. The number of fused-ring (bicyclic) bond motifs is 1. The van der Waals surface area contributed by atoms with Crippen LogP contribution in [-0.4, -0.2) is 25.4 Å². The standard InChI is InChI=1S/C16H18O5/c1-9(2)14(18)16(20-4)13-11(19-3)7-5-10-6-8-12(17)21-15(10)13/h5-8,14,16,18H,1H2,2-4H3. The van der Waals surface area contributed by atoms with Crippen molar-refractivity contribution < 1.29 is 19.0 Å². The Morgan fingerprint density at radius 1 is 1.29 bits per heavy atom. The second-order valence-corrected chi connectivity index (χ2v) is 4.80. The highest BCUT2D eigenvalue weighted by Gasteiger charge is 2.28. The smallest absolute Gasteiger partial charge is 0.336 e. The normalized spacial score (nSPS) is 13.9. The van der Waals surface area contributed by atoms with Crippen LogP contribution in [0, 0.1) is 0 Å². The quantitative estimate of drug-likeness (QED) is 0.676. The van der Waals surface area contributed by atoms with Crippen LogP contribution in [-0.2, 0) is 4.74 Å². The monoisotopic (exact) mass is 290 g/mol. The topological polar surface area (TPSA) is 68.9 Å². The summed E-state index contributed by atoms with van der Waals surface area (Å²) in [4.78, 5) is 11.5. The van der Waals surface area contributed by atoms with Gasteiger partial charge in [-0.25, -0.2) is 4.79 Å². The molecule has 1 N–H and O–H groups in total. The number of aliphatic hydroxyl groups is 1. The molecule has 5 heteroatoms. The molecule has 21 heavy (non-hydrogen) atoms. The van der Waals surface area contributed by atoms with Crippen molar-refractivity contribution in [1.29, 1.82) is 0 Å². The average molecular weight is 290 g/mol. The molecule has 0 saturated heterocycles. The molecule has 0 aliphatic carbocycles. The van der Waals surface area contributed by atoms with Crippen molar-refractivity contribution >= 4 is 11.0 Å². The van der Waals surface area contributed by atoms with Gasteiger partial charge in [-0.15, -0.1) is 0 Å². The summed E-state index contributed by atoms with van der Waals surface area (Å²) in [6, 6.07) is 6.52. The van der Waals surface area contributed by atoms with Gasteiger partial charge in [0, 0.05) is 18.6 Å². The van der Waals surface area contributed by atoms with E-state index in [1.165, 1.54) is 20.3 Å². The third kappa shape index (κ3) is 2.84. The first-order valence-corrected chi connectivity index (χ1v) is 6.46. The van der Waals surface area contributed by atoms with Crippen molar-refractivity contribution in [2.75, 3.05) is 14.2 Å². The van der Waals surface area contributed by atoms with Crippen LogP contribution in [0.4, 0.5) is 0 Å². The first-order valence-electron chi connectivity index (χ1n) is 6.46. The molecule has 0 aliphatic rings. The van der Waals surface area contributed by atoms with E-state index in [0.717, 1.165) is 5.39 Å². The summed E-state index contributed by atoms with van der Waals surface area (Å²) in [5, 5.41) is 11.0. The van der Waals surface area contributed by atoms with Crippen LogP contribution in [0.1, 0.15) is 18.6 Å². The predicted octanol–water partition coefficient (Wildman–Crippen LogP) is 2.43. The Morgan fingerprint density at radius 3 is 2.52 bits per heavy atom. The molecule has 2 unspecified atom stereocenters. The first kappa shape index (κ1) is 15.3. The molecule has 0 aliphatic heterocycles. The van der Waals surface area contributed by atoms with Gasteiger partial charge in [0.25, 0.3) is 0 Å². The molecule has 2 aromatic rings. The Labute approximate surface area is 122 Å². The van der Waals surface area contributed by atoms with Crippen LogP contribution < -0.4 is 10.4 Å². The Bertz CT molecular complexity index is 716. The lowest BCUT2D eigenvalue weighted by Crippen LogP contribution is -2.22. The third-order valence-corrected chi connectivity index (χ3v) is 3.34. The fourth-order valence-corrected chi connectivity index (χ4v) is 2.25. The zero-order chi connectivity index (χ0) is 15.6. The fraction of sp³-hybridized carbons (Fsp3) is 0.312. The summed E-state index contributed by atoms with van der Waals surface area (Å²) in [5.41, 5.74) is 0.899. The van der Waals surface area contributed by atoms with Crippen LogP contribution in [0.2, 0.25) is 0 Å². The van der Waals surface area contributed by atoms with Crippen LogP contribution >= 0.6 is 0 Å². The van der Waals surface area contributed by atoms with Crippen LogP contribution in [0.5, 0.6) is 5.75 Å². The number of benzene rings is 1. The lowest BCUT2D eigenvalue weighted by Gasteiger charge is -2.24. The Hall–Kier alpha value is -2.11. The van der Waals surface area contributed by atoms with Crippen LogP contribution in [0.3, 0.4) is 0 Å². The summed E-state index contributed by atoms with van der Waals surface area (Å²) in [7, 11) is 2.97. The van der Waals surface area contributed by atoms with Gasteiger partial charge < -0.3 is 19.0 Å². The number of rotatable bonds is 5. The first-order chi connectivity index (χ1) is 9.99. The minimum absolute atomic E-state index is 0.342. The molecular weight excluding hydrogens is 272 g/mol. The minimum Gasteiger partial charge on any atom is -0.496 e. The van der Waals surface area contributed by atoms with Gasteiger partial charge in [0.2, 0.25) is 0 Å². The molecule has 0 radical (unpaired) electrons. The zero-order valence-electron chi connectivity index (χ0n) is 12.3. The van der Waals surface area contributed by atoms with Gasteiger partial charge in [-0.1, -0.05) is 6.58 Å². The summed E-state index contributed by atoms with van der Waals surface area (Å²) in [5.74, 6) is 0.476. The maximum absolute atomic E-state index is 11.5. The Kier molecular flexibility index (Phi) is 4.45. The van der Waals surface area contributed by atoms with E-state index in [1.807, 2.05) is 0 Å². The number of methoxy groups -OCH3 is 2. The van der Waals surface area contributed by atoms with Gasteiger partial charge in [0.1, 0.15) is 23.5 Å². The fourth-order valence-electron chi connectivity index (χ4n) is 2.25. The molecule has 0 fully saturated rings. The second-order valence-electron chi connectivity index (χ2n) is 4.80. The van der Waals surface area contributed by atoms with Crippen molar-refractivity contribution in [3.05, 3.63) is 52.4 Å². The predicted molar refractivity (Wildman–Crippen MR) is 79.6 cm³/mol. The van der Waals surface area contributed by atoms with Gasteiger partial charge >= 0.3 is 5.63 Å². The summed E-state index contributed by atoms with van der Waals surface area (Å²) < 4.78 is 16.0. The van der Waals surface area contributed by atoms with E-state index >= 15 is 0 Å². The molecule has 2 atom stereocenters. The largest absolute Gasteiger partial charge is 0.496 e. The highest BCUT2D eigenvalue weighted by Crippen LogP contribution is 2.37. The van der Waals surface area contributed by atoms with Crippen molar-refractivity contribution in [1.82, 2.24) is 0 Å². The highest BCUT2D eigenvalue weighted by molar-refractivity contribution is 5.82. The van der Waals surface area contributed by atoms with E-state index in [-0.39, 0.29) is 0 Å². The molecule has 2 rings (SSSR count). The van der Waals surface area contributed by atoms with Crippen molar-refractivity contribution in [2.45, 2.75) is 19.1 Å². The van der Waals surface area contributed by atoms with Gasteiger partial charge in [0.15, 0.2) is 0 Å². The van der Waals surface area contributed by atoms with Crippen molar-refractivity contribution in [2.24, 2.45) is 0 Å². The molecule has 0 saturated carbocycles. The van der Waals surface area contributed by atoms with Gasteiger partial charge in [0.05, 0.1) is 12.7 Å². The van der Waals surface area contributed by atoms with E-state index in [1.54, 1.807) is 25.1 Å². The number of aliphatic hydroxyl groups excluding tert-OH is 1. The maximum Gasteiger partial charge on any atom is 0.336 e. The Balaban J connectivity index is 2.76. The molecule has 112 valence electrons. The van der Waals surface area contributed by atoms with Crippen molar-refractivity contribution in [3.63, 3.8) is 0 Å². The molecule has 1 aromatic carbocycles. The molecule has 1 aromatic heterocycles. The lowest BCUT2D eigenvalue weighted by molar-refractivity contribution is 0.00452. The van der Waals surface area contributed by atoms with Gasteiger partial charge in [-0.2, -0.15) is 0 Å². The van der Waals surface area contributed by atoms with E-state index in [4.69, 9.17) is 13.9 Å². The molecule has 0 spiro atoms. The van der Waals surface area contributed by atoms with E-state index in [2.05, 4.69) is 6.58 Å². The third-order valence-electron chi connectivity index (χ3n) is 3.34. The van der Waals surface area contributed by atoms with Crippen LogP contribution in [0.25, 0.3) is 11.0 Å². The number of ether oxygens (including phenoxy) is 2. The molecular formula is C16H18O5.